The van der Waals surface area contributed by atoms with E-state index in [4.69, 9.17) is 14.5 Å². The zero-order valence-electron chi connectivity index (χ0n) is 25.1. The van der Waals surface area contributed by atoms with Gasteiger partial charge in [0.05, 0.1) is 41.4 Å². The SMILES string of the molecule is COc1cccc(C(=O)COC(=O)c2cc(-c3ccc(N4C(=O)C5C6C=CC(C7CC67)C5C4=O)cc3)nc3c(C)cc(Br)cc23)c1. The van der Waals surface area contributed by atoms with Crippen molar-refractivity contribution in [2.75, 3.05) is 18.6 Å². The normalized spacial score (nSPS) is 25.4. The number of ketones is 1. The van der Waals surface area contributed by atoms with E-state index in [1.165, 1.54) is 12.0 Å². The quantitative estimate of drug-likeness (QED) is 0.0943. The van der Waals surface area contributed by atoms with E-state index in [0.29, 0.717) is 51.0 Å². The molecule has 8 nitrogen and oxygen atoms in total. The Bertz CT molecular complexity index is 1980. The van der Waals surface area contributed by atoms with Crippen LogP contribution in [0.2, 0.25) is 0 Å². The van der Waals surface area contributed by atoms with E-state index in [1.54, 1.807) is 48.5 Å². The first-order valence-electron chi connectivity index (χ1n) is 15.4. The summed E-state index contributed by atoms with van der Waals surface area (Å²) in [5, 5.41) is 0.586. The minimum absolute atomic E-state index is 0.106. The van der Waals surface area contributed by atoms with Crippen LogP contribution in [0.1, 0.15) is 32.7 Å². The number of pyridine rings is 1. The van der Waals surface area contributed by atoms with Crippen molar-refractivity contribution in [3.63, 3.8) is 0 Å². The number of aromatic nitrogens is 1. The molecule has 9 heteroatoms. The second-order valence-electron chi connectivity index (χ2n) is 12.6. The smallest absolute Gasteiger partial charge is 0.339 e. The number of rotatable bonds is 7. The fourth-order valence-corrected chi connectivity index (χ4v) is 8.43. The molecule has 5 aliphatic rings. The van der Waals surface area contributed by atoms with Gasteiger partial charge in [-0.1, -0.05) is 52.3 Å². The summed E-state index contributed by atoms with van der Waals surface area (Å²) in [7, 11) is 1.52. The van der Waals surface area contributed by atoms with Gasteiger partial charge in [-0.2, -0.15) is 0 Å². The van der Waals surface area contributed by atoms with E-state index in [-0.39, 0.29) is 46.8 Å². The number of imide groups is 1. The van der Waals surface area contributed by atoms with Crippen molar-refractivity contribution < 1.29 is 28.7 Å². The Morgan fingerprint density at radius 2 is 1.63 bits per heavy atom. The predicted molar refractivity (Wildman–Crippen MR) is 174 cm³/mol. The van der Waals surface area contributed by atoms with Gasteiger partial charge >= 0.3 is 5.97 Å². The number of fused-ring (bicyclic) bond motifs is 1. The van der Waals surface area contributed by atoms with Crippen LogP contribution in [0, 0.1) is 42.4 Å². The van der Waals surface area contributed by atoms with Crippen molar-refractivity contribution >= 4 is 56.1 Å². The maximum Gasteiger partial charge on any atom is 0.339 e. The summed E-state index contributed by atoms with van der Waals surface area (Å²) >= 11 is 3.52. The van der Waals surface area contributed by atoms with Crippen LogP contribution in [0.25, 0.3) is 22.2 Å². The van der Waals surface area contributed by atoms with Crippen LogP contribution < -0.4 is 9.64 Å². The largest absolute Gasteiger partial charge is 0.497 e. The number of aryl methyl sites for hydroxylation is 1. The minimum Gasteiger partial charge on any atom is -0.497 e. The zero-order valence-corrected chi connectivity index (χ0v) is 26.7. The predicted octanol–water partition coefficient (Wildman–Crippen LogP) is 6.58. The lowest BCUT2D eigenvalue weighted by Gasteiger charge is -2.37. The zero-order chi connectivity index (χ0) is 31.9. The molecule has 230 valence electrons. The number of methoxy groups -OCH3 is 1. The summed E-state index contributed by atoms with van der Waals surface area (Å²) in [4.78, 5) is 59.8. The molecule has 2 amide bonds. The number of hydrogen-bond acceptors (Lipinski definition) is 7. The highest BCUT2D eigenvalue weighted by molar-refractivity contribution is 9.10. The van der Waals surface area contributed by atoms with E-state index in [0.717, 1.165) is 16.5 Å². The number of Topliss-reactive ketones (excluding diaryl/α,β-unsaturated/α-hetero) is 1. The molecular weight excluding hydrogens is 648 g/mol. The number of benzene rings is 3. The van der Waals surface area contributed by atoms with Crippen molar-refractivity contribution in [3.8, 4) is 17.0 Å². The van der Waals surface area contributed by atoms with Crippen molar-refractivity contribution in [2.45, 2.75) is 13.3 Å². The minimum atomic E-state index is -0.656. The maximum absolute atomic E-state index is 13.6. The lowest BCUT2D eigenvalue weighted by atomic mass is 9.63. The molecule has 0 N–H and O–H groups in total. The first kappa shape index (κ1) is 28.8. The molecule has 2 bridgehead atoms. The van der Waals surface area contributed by atoms with Gasteiger partial charge < -0.3 is 9.47 Å². The molecule has 1 aliphatic heterocycles. The van der Waals surface area contributed by atoms with Crippen LogP contribution in [-0.2, 0) is 14.3 Å². The first-order chi connectivity index (χ1) is 22.2. The van der Waals surface area contributed by atoms with Crippen LogP contribution in [0.15, 0.2) is 83.4 Å². The van der Waals surface area contributed by atoms with Gasteiger partial charge in [-0.25, -0.2) is 9.78 Å². The number of esters is 1. The molecule has 2 saturated carbocycles. The van der Waals surface area contributed by atoms with E-state index in [2.05, 4.69) is 28.1 Å². The molecular formula is C37H29BrN2O6. The Morgan fingerprint density at radius 1 is 0.935 bits per heavy atom. The third kappa shape index (κ3) is 4.51. The number of nitrogens with zero attached hydrogens (tertiary/aromatic N) is 2. The van der Waals surface area contributed by atoms with Gasteiger partial charge in [0.15, 0.2) is 12.4 Å². The molecule has 46 heavy (non-hydrogen) atoms. The summed E-state index contributed by atoms with van der Waals surface area (Å²) in [6.07, 6.45) is 5.45. The molecule has 0 radical (unpaired) electrons. The monoisotopic (exact) mass is 676 g/mol. The summed E-state index contributed by atoms with van der Waals surface area (Å²) in [5.41, 5.74) is 3.87. The Kier molecular flexibility index (Phi) is 6.72. The van der Waals surface area contributed by atoms with Gasteiger partial charge in [-0.15, -0.1) is 0 Å². The number of allylic oxidation sites excluding steroid dienone is 2. The van der Waals surface area contributed by atoms with Crippen molar-refractivity contribution in [1.82, 2.24) is 4.98 Å². The van der Waals surface area contributed by atoms with E-state index < -0.39 is 12.6 Å². The van der Waals surface area contributed by atoms with Gasteiger partial charge in [-0.05, 0) is 85.0 Å². The average Bonchev–Trinajstić information content (AvgIpc) is 3.85. The van der Waals surface area contributed by atoms with Crippen LogP contribution in [0.4, 0.5) is 5.69 Å². The first-order valence-corrected chi connectivity index (χ1v) is 16.1. The molecule has 6 atom stereocenters. The highest BCUT2D eigenvalue weighted by atomic mass is 79.9. The number of anilines is 1. The Balaban J connectivity index is 1.08. The molecule has 4 aliphatic carbocycles. The van der Waals surface area contributed by atoms with Gasteiger partial charge in [0, 0.05) is 21.0 Å². The fraction of sp³-hybridized carbons (Fsp3) is 0.270. The average molecular weight is 678 g/mol. The summed E-state index contributed by atoms with van der Waals surface area (Å²) in [6, 6.07) is 19.2. The fourth-order valence-electron chi connectivity index (χ4n) is 7.85. The Labute approximate surface area is 273 Å². The third-order valence-electron chi connectivity index (χ3n) is 10.1. The van der Waals surface area contributed by atoms with Crippen LogP contribution in [0.5, 0.6) is 5.75 Å². The molecule has 3 aromatic carbocycles. The molecule has 1 aromatic heterocycles. The molecule has 3 fully saturated rings. The number of carbonyl (C=O) groups excluding carboxylic acids is 4. The number of carbonyl (C=O) groups is 4. The third-order valence-corrected chi connectivity index (χ3v) is 10.6. The highest BCUT2D eigenvalue weighted by Gasteiger charge is 2.67. The van der Waals surface area contributed by atoms with E-state index in [9.17, 15) is 19.2 Å². The summed E-state index contributed by atoms with van der Waals surface area (Å²) in [6.45, 7) is 1.47. The Hall–Kier alpha value is -4.63. The molecule has 4 aromatic rings. The molecule has 0 spiro atoms. The number of halogens is 1. The number of hydrogen-bond donors (Lipinski definition) is 0. The van der Waals surface area contributed by atoms with E-state index in [1.807, 2.05) is 25.1 Å². The number of ether oxygens (including phenoxy) is 2. The van der Waals surface area contributed by atoms with Gasteiger partial charge in [0.1, 0.15) is 5.75 Å². The summed E-state index contributed by atoms with van der Waals surface area (Å²) < 4.78 is 11.5. The van der Waals surface area contributed by atoms with Crippen molar-refractivity contribution in [1.29, 1.82) is 0 Å². The van der Waals surface area contributed by atoms with Crippen molar-refractivity contribution in [2.24, 2.45) is 35.5 Å². The second kappa shape index (κ2) is 10.7. The van der Waals surface area contributed by atoms with Gasteiger partial charge in [0.25, 0.3) is 0 Å². The molecule has 6 unspecified atom stereocenters. The summed E-state index contributed by atoms with van der Waals surface area (Å²) in [5.74, 6) is 0.187. The van der Waals surface area contributed by atoms with Gasteiger partial charge in [-0.3, -0.25) is 19.3 Å². The molecule has 2 heterocycles. The van der Waals surface area contributed by atoms with Crippen LogP contribution in [0.3, 0.4) is 0 Å². The van der Waals surface area contributed by atoms with Crippen LogP contribution >= 0.6 is 15.9 Å². The van der Waals surface area contributed by atoms with E-state index >= 15 is 0 Å². The highest BCUT2D eigenvalue weighted by Crippen LogP contribution is 2.65. The topological polar surface area (TPSA) is 103 Å². The lowest BCUT2D eigenvalue weighted by molar-refractivity contribution is -0.124. The van der Waals surface area contributed by atoms with Crippen molar-refractivity contribution in [3.05, 3.63) is 100 Å². The molecule has 1 saturated heterocycles. The molecule has 9 rings (SSSR count). The van der Waals surface area contributed by atoms with Crippen LogP contribution in [-0.4, -0.2) is 42.3 Å². The number of amides is 2. The maximum atomic E-state index is 13.6. The standard InChI is InChI=1S/C37H29BrN2O6/c1-18-12-21(38)14-28-29(37(44)46-17-31(41)20-4-3-5-23(13-20)45-2)16-30(39-34(18)28)19-6-8-22(9-7-19)40-35(42)32-24-10-11-25(27-15-26(24)27)33(32)36(40)43/h3-14,16,24-27,32-33H,15,17H2,1-2H3. The lowest BCUT2D eigenvalue weighted by Crippen LogP contribution is -2.40. The van der Waals surface area contributed by atoms with Gasteiger partial charge in [0.2, 0.25) is 11.8 Å². The Morgan fingerprint density at radius 3 is 2.30 bits per heavy atom. The second-order valence-corrected chi connectivity index (χ2v) is 13.5.